The summed E-state index contributed by atoms with van der Waals surface area (Å²) in [5.74, 6) is -0.422. The first-order valence-electron chi connectivity index (χ1n) is 5.52. The van der Waals surface area contributed by atoms with Crippen molar-refractivity contribution in [2.24, 2.45) is 12.8 Å². The van der Waals surface area contributed by atoms with Crippen molar-refractivity contribution in [2.75, 3.05) is 6.61 Å². The molecule has 0 saturated carbocycles. The Balaban J connectivity index is 2.93. The van der Waals surface area contributed by atoms with Gasteiger partial charge in [0.2, 0.25) is 0 Å². The lowest BCUT2D eigenvalue weighted by Gasteiger charge is -2.22. The van der Waals surface area contributed by atoms with Crippen LogP contribution in [0.15, 0.2) is 24.0 Å². The molecule has 1 aromatic rings. The molecule has 0 aromatic carbocycles. The maximum Gasteiger partial charge on any atom is 0.332 e. The van der Waals surface area contributed by atoms with Crippen LogP contribution in [0.25, 0.3) is 0 Å². The number of hydrogen-bond acceptors (Lipinski definition) is 4. The normalized spacial score (nSPS) is 12.6. The third kappa shape index (κ3) is 3.09. The van der Waals surface area contributed by atoms with Crippen LogP contribution in [-0.2, 0) is 22.0 Å². The molecule has 0 bridgehead atoms. The van der Waals surface area contributed by atoms with Crippen molar-refractivity contribution in [1.82, 2.24) is 9.78 Å². The van der Waals surface area contributed by atoms with E-state index in [4.69, 9.17) is 10.5 Å². The van der Waals surface area contributed by atoms with E-state index in [0.29, 0.717) is 12.3 Å². The Labute approximate surface area is 101 Å². The van der Waals surface area contributed by atoms with Gasteiger partial charge in [-0.1, -0.05) is 0 Å². The van der Waals surface area contributed by atoms with Gasteiger partial charge in [0.25, 0.3) is 0 Å². The number of aryl methyl sites for hydroxylation is 1. The molecule has 94 valence electrons. The van der Waals surface area contributed by atoms with Crippen molar-refractivity contribution in [3.63, 3.8) is 0 Å². The zero-order chi connectivity index (χ0) is 13.1. The van der Waals surface area contributed by atoms with Gasteiger partial charge in [-0.15, -0.1) is 0 Å². The van der Waals surface area contributed by atoms with Crippen LogP contribution in [0.2, 0.25) is 0 Å². The van der Waals surface area contributed by atoms with Crippen LogP contribution < -0.4 is 5.73 Å². The second-order valence-electron chi connectivity index (χ2n) is 4.35. The van der Waals surface area contributed by atoms with Crippen molar-refractivity contribution in [1.29, 1.82) is 0 Å². The fourth-order valence-electron chi connectivity index (χ4n) is 1.39. The molecule has 17 heavy (non-hydrogen) atoms. The van der Waals surface area contributed by atoms with E-state index in [-0.39, 0.29) is 0 Å². The fraction of sp³-hybridized carbons (Fsp3) is 0.500. The molecule has 5 nitrogen and oxygen atoms in total. The van der Waals surface area contributed by atoms with E-state index in [1.165, 1.54) is 6.08 Å². The van der Waals surface area contributed by atoms with Crippen molar-refractivity contribution < 1.29 is 9.53 Å². The van der Waals surface area contributed by atoms with Gasteiger partial charge < -0.3 is 10.5 Å². The monoisotopic (exact) mass is 237 g/mol. The van der Waals surface area contributed by atoms with Gasteiger partial charge in [-0.05, 0) is 26.8 Å². The van der Waals surface area contributed by atoms with Gasteiger partial charge in [0.05, 0.1) is 12.3 Å². The van der Waals surface area contributed by atoms with E-state index in [1.807, 2.05) is 33.2 Å². The highest BCUT2D eigenvalue weighted by Crippen LogP contribution is 2.26. The van der Waals surface area contributed by atoms with E-state index in [1.54, 1.807) is 11.6 Å². The first-order chi connectivity index (χ1) is 7.87. The summed E-state index contributed by atoms with van der Waals surface area (Å²) < 4.78 is 6.53. The first kappa shape index (κ1) is 13.3. The van der Waals surface area contributed by atoms with E-state index < -0.39 is 11.4 Å². The van der Waals surface area contributed by atoms with Gasteiger partial charge in [0, 0.05) is 30.4 Å². The third-order valence-corrected chi connectivity index (χ3v) is 2.64. The fourth-order valence-corrected chi connectivity index (χ4v) is 1.39. The van der Waals surface area contributed by atoms with Crippen LogP contribution in [0, 0.1) is 0 Å². The van der Waals surface area contributed by atoms with Crippen molar-refractivity contribution >= 4 is 5.97 Å². The molecule has 0 saturated heterocycles. The van der Waals surface area contributed by atoms with Gasteiger partial charge in [0.15, 0.2) is 0 Å². The molecule has 0 aliphatic carbocycles. The molecule has 1 rings (SSSR count). The lowest BCUT2D eigenvalue weighted by Crippen LogP contribution is -2.27. The summed E-state index contributed by atoms with van der Waals surface area (Å²) in [6.07, 6.45) is 3.16. The molecule has 2 N–H and O–H groups in total. The topological polar surface area (TPSA) is 70.1 Å². The molecule has 0 atom stereocenters. The second-order valence-corrected chi connectivity index (χ2v) is 4.35. The minimum atomic E-state index is -0.492. The molecule has 0 spiro atoms. The minimum Gasteiger partial charge on any atom is -0.463 e. The Morgan fingerprint density at radius 2 is 2.29 bits per heavy atom. The quantitative estimate of drug-likeness (QED) is 0.629. The Morgan fingerprint density at radius 3 is 2.76 bits per heavy atom. The molecule has 0 amide bonds. The SMILES string of the molecule is CCOC(=O)C=C(N)C(C)(C)c1ccn(C)n1. The Hall–Kier alpha value is -1.78. The van der Waals surface area contributed by atoms with Gasteiger partial charge in [-0.2, -0.15) is 5.10 Å². The van der Waals surface area contributed by atoms with Crippen molar-refractivity contribution in [2.45, 2.75) is 26.2 Å². The second kappa shape index (κ2) is 5.03. The van der Waals surface area contributed by atoms with Gasteiger partial charge in [-0.25, -0.2) is 4.79 Å². The number of aromatic nitrogens is 2. The number of allylic oxidation sites excluding steroid dienone is 1. The number of rotatable bonds is 4. The highest BCUT2D eigenvalue weighted by Gasteiger charge is 2.27. The number of carbonyl (C=O) groups is 1. The predicted octanol–water partition coefficient (Wildman–Crippen LogP) is 1.10. The van der Waals surface area contributed by atoms with Gasteiger partial charge >= 0.3 is 5.97 Å². The van der Waals surface area contributed by atoms with Crippen molar-refractivity contribution in [3.8, 4) is 0 Å². The molecular formula is C12H19N3O2. The predicted molar refractivity (Wildman–Crippen MR) is 65.1 cm³/mol. The van der Waals surface area contributed by atoms with E-state index in [9.17, 15) is 4.79 Å². The molecule has 0 unspecified atom stereocenters. The highest BCUT2D eigenvalue weighted by molar-refractivity contribution is 5.83. The standard InChI is InChI=1S/C12H19N3O2/c1-5-17-11(16)8-9(13)12(2,3)10-6-7-15(4)14-10/h6-8H,5,13H2,1-4H3. The first-order valence-corrected chi connectivity index (χ1v) is 5.52. The van der Waals surface area contributed by atoms with E-state index in [2.05, 4.69) is 5.10 Å². The average Bonchev–Trinajstić information content (AvgIpc) is 2.65. The molecular weight excluding hydrogens is 218 g/mol. The molecule has 0 fully saturated rings. The summed E-state index contributed by atoms with van der Waals surface area (Å²) in [5, 5.41) is 4.30. The maximum atomic E-state index is 11.3. The molecule has 1 heterocycles. The third-order valence-electron chi connectivity index (χ3n) is 2.64. The lowest BCUT2D eigenvalue weighted by atomic mass is 9.85. The van der Waals surface area contributed by atoms with Crippen LogP contribution >= 0.6 is 0 Å². The Kier molecular flexibility index (Phi) is 3.93. The average molecular weight is 237 g/mol. The summed E-state index contributed by atoms with van der Waals surface area (Å²) in [4.78, 5) is 11.3. The largest absolute Gasteiger partial charge is 0.463 e. The summed E-state index contributed by atoms with van der Waals surface area (Å²) >= 11 is 0. The number of ether oxygens (including phenoxy) is 1. The van der Waals surface area contributed by atoms with Gasteiger partial charge in [-0.3, -0.25) is 4.68 Å². The van der Waals surface area contributed by atoms with E-state index in [0.717, 1.165) is 5.69 Å². The summed E-state index contributed by atoms with van der Waals surface area (Å²) in [6, 6.07) is 1.88. The number of nitrogens with two attached hydrogens (primary N) is 1. The zero-order valence-corrected chi connectivity index (χ0v) is 10.7. The van der Waals surface area contributed by atoms with Crippen LogP contribution in [-0.4, -0.2) is 22.4 Å². The summed E-state index contributed by atoms with van der Waals surface area (Å²) in [6.45, 7) is 5.93. The number of carbonyl (C=O) groups excluding carboxylic acids is 1. The molecule has 0 aliphatic rings. The smallest absolute Gasteiger partial charge is 0.332 e. The molecule has 5 heteroatoms. The Bertz CT molecular complexity index is 433. The van der Waals surface area contributed by atoms with Gasteiger partial charge in [0.1, 0.15) is 0 Å². The lowest BCUT2D eigenvalue weighted by molar-refractivity contribution is -0.137. The van der Waals surface area contributed by atoms with Crippen LogP contribution in [0.1, 0.15) is 26.5 Å². The zero-order valence-electron chi connectivity index (χ0n) is 10.7. The molecule has 0 radical (unpaired) electrons. The number of esters is 1. The van der Waals surface area contributed by atoms with Crippen LogP contribution in [0.5, 0.6) is 0 Å². The maximum absolute atomic E-state index is 11.3. The number of hydrogen-bond donors (Lipinski definition) is 1. The highest BCUT2D eigenvalue weighted by atomic mass is 16.5. The number of nitrogens with zero attached hydrogens (tertiary/aromatic N) is 2. The molecule has 1 aromatic heterocycles. The summed E-state index contributed by atoms with van der Waals surface area (Å²) in [5.41, 5.74) is 6.70. The Morgan fingerprint density at radius 1 is 1.65 bits per heavy atom. The van der Waals surface area contributed by atoms with Crippen molar-refractivity contribution in [3.05, 3.63) is 29.7 Å². The van der Waals surface area contributed by atoms with Crippen LogP contribution in [0.4, 0.5) is 0 Å². The van der Waals surface area contributed by atoms with E-state index >= 15 is 0 Å². The summed E-state index contributed by atoms with van der Waals surface area (Å²) in [7, 11) is 1.84. The minimum absolute atomic E-state index is 0.340. The molecule has 0 aliphatic heterocycles. The van der Waals surface area contributed by atoms with Crippen LogP contribution in [0.3, 0.4) is 0 Å².